The molecule has 0 radical (unpaired) electrons. The molecule has 0 spiro atoms. The zero-order valence-electron chi connectivity index (χ0n) is 8.43. The summed E-state index contributed by atoms with van der Waals surface area (Å²) in [6, 6.07) is 0. The smallest absolute Gasteiger partial charge is 0.312 e. The minimum atomic E-state index is -1.32. The molecule has 5 unspecified atom stereocenters. The lowest BCUT2D eigenvalue weighted by atomic mass is 9.79. The third kappa shape index (κ3) is 1.17. The summed E-state index contributed by atoms with van der Waals surface area (Å²) < 4.78 is 4.98. The largest absolute Gasteiger partial charge is 0.465 e. The Bertz CT molecular complexity index is 261. The fourth-order valence-corrected chi connectivity index (χ4v) is 2.67. The van der Waals surface area contributed by atoms with Crippen molar-refractivity contribution >= 4 is 5.97 Å². The Morgan fingerprint density at radius 2 is 2.21 bits per heavy atom. The Hall–Kier alpha value is -0.610. The van der Waals surface area contributed by atoms with Crippen molar-refractivity contribution in [3.8, 4) is 0 Å². The average Bonchev–Trinajstić information content (AvgIpc) is 2.33. The molecular formula is C10H16O4. The van der Waals surface area contributed by atoms with Crippen LogP contribution in [0, 0.1) is 17.8 Å². The van der Waals surface area contributed by atoms with Crippen molar-refractivity contribution in [3.05, 3.63) is 0 Å². The van der Waals surface area contributed by atoms with Crippen molar-refractivity contribution < 1.29 is 19.7 Å². The van der Waals surface area contributed by atoms with Gasteiger partial charge >= 0.3 is 5.97 Å². The molecule has 1 heterocycles. The summed E-state index contributed by atoms with van der Waals surface area (Å²) in [5.74, 6) is -0.640. The molecule has 1 saturated carbocycles. The molecule has 1 aliphatic carbocycles. The van der Waals surface area contributed by atoms with E-state index in [0.717, 1.165) is 0 Å². The fourth-order valence-electron chi connectivity index (χ4n) is 2.67. The topological polar surface area (TPSA) is 66.8 Å². The van der Waals surface area contributed by atoms with E-state index in [1.165, 1.54) is 6.92 Å². The summed E-state index contributed by atoms with van der Waals surface area (Å²) in [6.07, 6.45) is -0.320. The summed E-state index contributed by atoms with van der Waals surface area (Å²) in [6.45, 7) is 3.91. The van der Waals surface area contributed by atoms with Gasteiger partial charge in [-0.25, -0.2) is 0 Å². The van der Waals surface area contributed by atoms with Gasteiger partial charge in [0.1, 0.15) is 5.60 Å². The number of carbonyl (C=O) groups excluding carboxylic acids is 1. The quantitative estimate of drug-likeness (QED) is 0.537. The summed E-state index contributed by atoms with van der Waals surface area (Å²) >= 11 is 0. The maximum atomic E-state index is 11.5. The first-order valence-corrected chi connectivity index (χ1v) is 5.01. The fraction of sp³-hybridized carbons (Fsp3) is 0.900. The van der Waals surface area contributed by atoms with Crippen LogP contribution in [0.15, 0.2) is 0 Å². The number of rotatable bonds is 0. The minimum absolute atomic E-state index is 0.0567. The van der Waals surface area contributed by atoms with E-state index in [2.05, 4.69) is 0 Å². The molecule has 1 saturated heterocycles. The maximum Gasteiger partial charge on any atom is 0.312 e. The summed E-state index contributed by atoms with van der Waals surface area (Å²) in [7, 11) is 0. The number of esters is 1. The first-order valence-electron chi connectivity index (χ1n) is 5.01. The molecule has 0 bridgehead atoms. The number of aliphatic hydroxyl groups excluding tert-OH is 1. The SMILES string of the molecule is CC1COC(=O)C2C1CC(O)C2(C)O. The van der Waals surface area contributed by atoms with Crippen LogP contribution < -0.4 is 0 Å². The highest BCUT2D eigenvalue weighted by atomic mass is 16.5. The molecule has 5 atom stereocenters. The lowest BCUT2D eigenvalue weighted by molar-refractivity contribution is -0.172. The highest BCUT2D eigenvalue weighted by Crippen LogP contribution is 2.46. The highest BCUT2D eigenvalue weighted by molar-refractivity contribution is 5.75. The van der Waals surface area contributed by atoms with Crippen molar-refractivity contribution in [1.29, 1.82) is 0 Å². The molecule has 80 valence electrons. The van der Waals surface area contributed by atoms with E-state index in [1.807, 2.05) is 6.92 Å². The molecule has 1 aliphatic heterocycles. The van der Waals surface area contributed by atoms with Crippen LogP contribution in [0.1, 0.15) is 20.3 Å². The van der Waals surface area contributed by atoms with Crippen molar-refractivity contribution in [2.24, 2.45) is 17.8 Å². The van der Waals surface area contributed by atoms with Gasteiger partial charge in [-0.1, -0.05) is 6.92 Å². The lowest BCUT2D eigenvalue weighted by Gasteiger charge is -2.35. The van der Waals surface area contributed by atoms with Crippen LogP contribution >= 0.6 is 0 Å². The van der Waals surface area contributed by atoms with Crippen molar-refractivity contribution in [2.75, 3.05) is 6.61 Å². The second-order valence-electron chi connectivity index (χ2n) is 4.73. The maximum absolute atomic E-state index is 11.5. The second-order valence-corrected chi connectivity index (χ2v) is 4.73. The molecular weight excluding hydrogens is 184 g/mol. The molecule has 2 N–H and O–H groups in total. The number of carbonyl (C=O) groups is 1. The summed E-state index contributed by atoms with van der Waals surface area (Å²) in [5.41, 5.74) is -1.32. The van der Waals surface area contributed by atoms with Crippen molar-refractivity contribution in [2.45, 2.75) is 32.0 Å². The average molecular weight is 200 g/mol. The Morgan fingerprint density at radius 3 is 2.79 bits per heavy atom. The van der Waals surface area contributed by atoms with Crippen molar-refractivity contribution in [1.82, 2.24) is 0 Å². The van der Waals surface area contributed by atoms with Gasteiger partial charge in [-0.2, -0.15) is 0 Å². The van der Waals surface area contributed by atoms with Crippen molar-refractivity contribution in [3.63, 3.8) is 0 Å². The first-order chi connectivity index (χ1) is 6.44. The lowest BCUT2D eigenvalue weighted by Crippen LogP contribution is -2.48. The van der Waals surface area contributed by atoms with E-state index < -0.39 is 17.6 Å². The van der Waals surface area contributed by atoms with Gasteiger partial charge in [0.05, 0.1) is 18.6 Å². The molecule has 2 fully saturated rings. The van der Waals surface area contributed by atoms with Crippen LogP contribution in [-0.2, 0) is 9.53 Å². The Morgan fingerprint density at radius 1 is 1.57 bits per heavy atom. The Balaban J connectivity index is 2.31. The van der Waals surface area contributed by atoms with E-state index in [0.29, 0.717) is 13.0 Å². The van der Waals surface area contributed by atoms with Crippen LogP contribution in [0.5, 0.6) is 0 Å². The van der Waals surface area contributed by atoms with E-state index in [-0.39, 0.29) is 17.8 Å². The molecule has 4 heteroatoms. The number of hydrogen-bond donors (Lipinski definition) is 2. The Kier molecular flexibility index (Phi) is 2.08. The first kappa shape index (κ1) is 9.93. The van der Waals surface area contributed by atoms with Crippen LogP contribution in [0.3, 0.4) is 0 Å². The molecule has 0 aromatic rings. The van der Waals surface area contributed by atoms with E-state index in [1.54, 1.807) is 0 Å². The normalized spacial score (nSPS) is 52.7. The summed E-state index contributed by atoms with van der Waals surface area (Å²) in [4.78, 5) is 11.5. The van der Waals surface area contributed by atoms with Gasteiger partial charge in [0, 0.05) is 0 Å². The standard InChI is InChI=1S/C10H16O4/c1-5-4-14-9(12)8-6(5)3-7(11)10(8,2)13/h5-8,11,13H,3-4H2,1-2H3. The second kappa shape index (κ2) is 2.94. The van der Waals surface area contributed by atoms with Gasteiger partial charge in [-0.15, -0.1) is 0 Å². The van der Waals surface area contributed by atoms with Gasteiger partial charge in [-0.3, -0.25) is 4.79 Å². The number of cyclic esters (lactones) is 1. The molecule has 14 heavy (non-hydrogen) atoms. The third-order valence-corrected chi connectivity index (χ3v) is 3.70. The number of hydrogen-bond acceptors (Lipinski definition) is 4. The van der Waals surface area contributed by atoms with Gasteiger partial charge < -0.3 is 14.9 Å². The zero-order chi connectivity index (χ0) is 10.5. The van der Waals surface area contributed by atoms with Gasteiger partial charge in [0.15, 0.2) is 0 Å². The third-order valence-electron chi connectivity index (χ3n) is 3.70. The van der Waals surface area contributed by atoms with Crippen LogP contribution in [-0.4, -0.2) is 34.5 Å². The molecule has 0 aromatic heterocycles. The minimum Gasteiger partial charge on any atom is -0.465 e. The Labute approximate surface area is 82.9 Å². The van der Waals surface area contributed by atoms with E-state index in [4.69, 9.17) is 4.74 Å². The van der Waals surface area contributed by atoms with Gasteiger partial charge in [-0.05, 0) is 25.2 Å². The van der Waals surface area contributed by atoms with Crippen LogP contribution in [0.4, 0.5) is 0 Å². The predicted octanol–water partition coefficient (Wildman–Crippen LogP) is -0.0727. The molecule has 2 aliphatic rings. The number of ether oxygens (including phenoxy) is 1. The number of fused-ring (bicyclic) bond motifs is 1. The zero-order valence-corrected chi connectivity index (χ0v) is 8.43. The van der Waals surface area contributed by atoms with Crippen LogP contribution in [0.25, 0.3) is 0 Å². The monoisotopic (exact) mass is 200 g/mol. The predicted molar refractivity (Wildman–Crippen MR) is 48.4 cm³/mol. The highest BCUT2D eigenvalue weighted by Gasteiger charge is 2.58. The van der Waals surface area contributed by atoms with Crippen LogP contribution in [0.2, 0.25) is 0 Å². The van der Waals surface area contributed by atoms with E-state index in [9.17, 15) is 15.0 Å². The van der Waals surface area contributed by atoms with Gasteiger partial charge in [0.2, 0.25) is 0 Å². The molecule has 2 rings (SSSR count). The number of aliphatic hydroxyl groups is 2. The molecule has 0 amide bonds. The molecule has 4 nitrogen and oxygen atoms in total. The summed E-state index contributed by atoms with van der Waals surface area (Å²) in [5, 5.41) is 19.7. The molecule has 0 aromatic carbocycles. The van der Waals surface area contributed by atoms with Gasteiger partial charge in [0.25, 0.3) is 0 Å². The van der Waals surface area contributed by atoms with E-state index >= 15 is 0 Å².